The minimum Gasteiger partial charge on any atom is -0.494 e. The molecular formula is C13H11FN2OS. The molecule has 1 aromatic carbocycles. The Morgan fingerprint density at radius 2 is 2.22 bits per heavy atom. The highest BCUT2D eigenvalue weighted by atomic mass is 32.1. The van der Waals surface area contributed by atoms with Gasteiger partial charge in [0.1, 0.15) is 10.9 Å². The van der Waals surface area contributed by atoms with E-state index in [1.165, 1.54) is 24.5 Å². The van der Waals surface area contributed by atoms with Gasteiger partial charge in [-0.05, 0) is 24.3 Å². The van der Waals surface area contributed by atoms with Crippen molar-refractivity contribution in [1.29, 1.82) is 5.26 Å². The molecule has 0 unspecified atom stereocenters. The molecule has 1 N–H and O–H groups in total. The van der Waals surface area contributed by atoms with E-state index >= 15 is 0 Å². The SMILES string of the molecule is COc1cc(NCc2ccc(C#N)s2)ccc1F. The average molecular weight is 262 g/mol. The molecule has 5 heteroatoms. The van der Waals surface area contributed by atoms with E-state index in [9.17, 15) is 4.39 Å². The van der Waals surface area contributed by atoms with E-state index in [1.54, 1.807) is 18.2 Å². The van der Waals surface area contributed by atoms with Crippen molar-refractivity contribution in [1.82, 2.24) is 0 Å². The number of nitrogens with one attached hydrogen (secondary N) is 1. The predicted octanol–water partition coefficient (Wildman–Crippen LogP) is 3.38. The minimum absolute atomic E-state index is 0.212. The molecule has 0 atom stereocenters. The number of halogens is 1. The molecule has 3 nitrogen and oxygen atoms in total. The Labute approximate surface area is 108 Å². The Morgan fingerprint density at radius 3 is 2.89 bits per heavy atom. The Bertz CT molecular complexity index is 589. The Kier molecular flexibility index (Phi) is 3.80. The van der Waals surface area contributed by atoms with Crippen molar-refractivity contribution in [2.75, 3.05) is 12.4 Å². The van der Waals surface area contributed by atoms with Crippen molar-refractivity contribution in [3.8, 4) is 11.8 Å². The van der Waals surface area contributed by atoms with Gasteiger partial charge in [-0.25, -0.2) is 4.39 Å². The van der Waals surface area contributed by atoms with Crippen molar-refractivity contribution < 1.29 is 9.13 Å². The van der Waals surface area contributed by atoms with Crippen LogP contribution in [-0.2, 0) is 6.54 Å². The summed E-state index contributed by atoms with van der Waals surface area (Å²) in [6.45, 7) is 0.598. The highest BCUT2D eigenvalue weighted by Crippen LogP contribution is 2.23. The summed E-state index contributed by atoms with van der Waals surface area (Å²) in [6, 6.07) is 10.4. The fourth-order valence-corrected chi connectivity index (χ4v) is 2.24. The van der Waals surface area contributed by atoms with Gasteiger partial charge in [0.25, 0.3) is 0 Å². The van der Waals surface area contributed by atoms with Gasteiger partial charge in [-0.2, -0.15) is 5.26 Å². The highest BCUT2D eigenvalue weighted by molar-refractivity contribution is 7.12. The summed E-state index contributed by atoms with van der Waals surface area (Å²) in [5.74, 6) is -0.171. The van der Waals surface area contributed by atoms with Crippen LogP contribution < -0.4 is 10.1 Å². The van der Waals surface area contributed by atoms with Crippen LogP contribution in [0.15, 0.2) is 30.3 Å². The molecule has 1 aromatic heterocycles. The number of methoxy groups -OCH3 is 1. The van der Waals surface area contributed by atoms with E-state index < -0.39 is 0 Å². The second-order valence-electron chi connectivity index (χ2n) is 3.58. The number of benzene rings is 1. The van der Waals surface area contributed by atoms with Crippen LogP contribution in [0.25, 0.3) is 0 Å². The molecule has 0 radical (unpaired) electrons. The Balaban J connectivity index is 2.04. The third kappa shape index (κ3) is 2.79. The summed E-state index contributed by atoms with van der Waals surface area (Å²) < 4.78 is 18.1. The van der Waals surface area contributed by atoms with Gasteiger partial charge in [0.05, 0.1) is 7.11 Å². The maximum atomic E-state index is 13.2. The lowest BCUT2D eigenvalue weighted by Crippen LogP contribution is -1.98. The van der Waals surface area contributed by atoms with E-state index in [0.717, 1.165) is 10.6 Å². The van der Waals surface area contributed by atoms with Crippen LogP contribution in [0.2, 0.25) is 0 Å². The predicted molar refractivity (Wildman–Crippen MR) is 69.3 cm³/mol. The number of hydrogen-bond donors (Lipinski definition) is 1. The lowest BCUT2D eigenvalue weighted by atomic mass is 10.3. The van der Waals surface area contributed by atoms with E-state index in [0.29, 0.717) is 11.4 Å². The van der Waals surface area contributed by atoms with Gasteiger partial charge in [-0.3, -0.25) is 0 Å². The van der Waals surface area contributed by atoms with Crippen molar-refractivity contribution in [2.24, 2.45) is 0 Å². The van der Waals surface area contributed by atoms with Gasteiger partial charge in [0, 0.05) is 23.2 Å². The van der Waals surface area contributed by atoms with Gasteiger partial charge in [-0.15, -0.1) is 11.3 Å². The molecule has 0 amide bonds. The lowest BCUT2D eigenvalue weighted by molar-refractivity contribution is 0.387. The van der Waals surface area contributed by atoms with E-state index in [1.807, 2.05) is 6.07 Å². The third-order valence-corrected chi connectivity index (χ3v) is 3.38. The maximum Gasteiger partial charge on any atom is 0.165 e. The van der Waals surface area contributed by atoms with E-state index in [2.05, 4.69) is 11.4 Å². The van der Waals surface area contributed by atoms with Gasteiger partial charge in [0.2, 0.25) is 0 Å². The molecule has 0 aliphatic rings. The van der Waals surface area contributed by atoms with Crippen LogP contribution >= 0.6 is 11.3 Å². The van der Waals surface area contributed by atoms with Crippen LogP contribution in [0.3, 0.4) is 0 Å². The molecule has 2 aromatic rings. The molecule has 0 fully saturated rings. The Morgan fingerprint density at radius 1 is 1.39 bits per heavy atom. The number of rotatable bonds is 4. The van der Waals surface area contributed by atoms with E-state index in [4.69, 9.17) is 10.00 Å². The molecule has 0 spiro atoms. The summed E-state index contributed by atoms with van der Waals surface area (Å²) in [5, 5.41) is 11.9. The molecule has 1 heterocycles. The first kappa shape index (κ1) is 12.4. The number of ether oxygens (including phenoxy) is 1. The molecular weight excluding hydrogens is 251 g/mol. The monoisotopic (exact) mass is 262 g/mol. The number of hydrogen-bond acceptors (Lipinski definition) is 4. The molecule has 0 saturated carbocycles. The molecule has 18 heavy (non-hydrogen) atoms. The molecule has 0 bridgehead atoms. The first-order valence-electron chi connectivity index (χ1n) is 5.29. The normalized spacial score (nSPS) is 9.83. The number of nitriles is 1. The van der Waals surface area contributed by atoms with Gasteiger partial charge in [-0.1, -0.05) is 0 Å². The summed E-state index contributed by atoms with van der Waals surface area (Å²) >= 11 is 1.44. The Hall–Kier alpha value is -2.06. The molecule has 0 saturated heterocycles. The first-order chi connectivity index (χ1) is 8.72. The zero-order valence-corrected chi connectivity index (χ0v) is 10.6. The standard InChI is InChI=1S/C13H11FN2OS/c1-17-13-6-9(2-5-12(13)14)16-8-11-4-3-10(7-15)18-11/h2-6,16H,8H2,1H3. The number of anilines is 1. The zero-order chi connectivity index (χ0) is 13.0. The fourth-order valence-electron chi connectivity index (χ4n) is 1.49. The summed E-state index contributed by atoms with van der Waals surface area (Å²) in [6.07, 6.45) is 0. The van der Waals surface area contributed by atoms with Crippen LogP contribution in [0.1, 0.15) is 9.75 Å². The topological polar surface area (TPSA) is 45.0 Å². The second-order valence-corrected chi connectivity index (χ2v) is 4.75. The first-order valence-corrected chi connectivity index (χ1v) is 6.11. The van der Waals surface area contributed by atoms with E-state index in [-0.39, 0.29) is 11.6 Å². The quantitative estimate of drug-likeness (QED) is 0.918. The van der Waals surface area contributed by atoms with Crippen molar-refractivity contribution in [3.05, 3.63) is 45.9 Å². The summed E-state index contributed by atoms with van der Waals surface area (Å²) in [5.41, 5.74) is 0.778. The number of thiophene rings is 1. The highest BCUT2D eigenvalue weighted by Gasteiger charge is 2.04. The maximum absolute atomic E-state index is 13.2. The van der Waals surface area contributed by atoms with Gasteiger partial charge >= 0.3 is 0 Å². The molecule has 92 valence electrons. The fraction of sp³-hybridized carbons (Fsp3) is 0.154. The molecule has 0 aliphatic heterocycles. The summed E-state index contributed by atoms with van der Waals surface area (Å²) in [4.78, 5) is 1.73. The van der Waals surface area contributed by atoms with Gasteiger partial charge < -0.3 is 10.1 Å². The van der Waals surface area contributed by atoms with Crippen molar-refractivity contribution in [3.63, 3.8) is 0 Å². The molecule has 2 rings (SSSR count). The molecule has 0 aliphatic carbocycles. The third-order valence-electron chi connectivity index (χ3n) is 2.39. The van der Waals surface area contributed by atoms with Gasteiger partial charge in [0.15, 0.2) is 11.6 Å². The van der Waals surface area contributed by atoms with Crippen molar-refractivity contribution >= 4 is 17.0 Å². The second kappa shape index (κ2) is 5.52. The van der Waals surface area contributed by atoms with Crippen LogP contribution in [0.5, 0.6) is 5.75 Å². The number of nitrogens with zero attached hydrogens (tertiary/aromatic N) is 1. The average Bonchev–Trinajstić information content (AvgIpc) is 2.86. The van der Waals surface area contributed by atoms with Crippen LogP contribution in [-0.4, -0.2) is 7.11 Å². The largest absolute Gasteiger partial charge is 0.494 e. The van der Waals surface area contributed by atoms with Crippen LogP contribution in [0, 0.1) is 17.1 Å². The van der Waals surface area contributed by atoms with Crippen molar-refractivity contribution in [2.45, 2.75) is 6.54 Å². The van der Waals surface area contributed by atoms with Crippen LogP contribution in [0.4, 0.5) is 10.1 Å². The smallest absolute Gasteiger partial charge is 0.165 e. The zero-order valence-electron chi connectivity index (χ0n) is 9.74. The summed E-state index contributed by atoms with van der Waals surface area (Å²) in [7, 11) is 1.43. The lowest BCUT2D eigenvalue weighted by Gasteiger charge is -2.07. The minimum atomic E-state index is -0.383.